The molecule has 0 radical (unpaired) electrons. The Morgan fingerprint density at radius 1 is 1.22 bits per heavy atom. The van der Waals surface area contributed by atoms with E-state index < -0.39 is 0 Å². The number of aromatic nitrogens is 2. The van der Waals surface area contributed by atoms with Gasteiger partial charge in [-0.15, -0.1) is 12.4 Å². The van der Waals surface area contributed by atoms with Crippen LogP contribution in [0, 0.1) is 0 Å². The first kappa shape index (κ1) is 18.3. The largest absolute Gasteiger partial charge is 0.337 e. The molecule has 6 heteroatoms. The van der Waals surface area contributed by atoms with Crippen LogP contribution in [-0.2, 0) is 7.05 Å². The monoisotopic (exact) mass is 340 g/mol. The highest BCUT2D eigenvalue weighted by atomic mass is 35.5. The molecule has 1 amide bonds. The van der Waals surface area contributed by atoms with Crippen molar-refractivity contribution in [1.29, 1.82) is 0 Å². The van der Waals surface area contributed by atoms with E-state index in [-0.39, 0.29) is 18.3 Å². The second kappa shape index (κ2) is 8.15. The van der Waals surface area contributed by atoms with Gasteiger partial charge in [-0.3, -0.25) is 9.48 Å². The summed E-state index contributed by atoms with van der Waals surface area (Å²) in [5.41, 5.74) is 1.88. The van der Waals surface area contributed by atoms with Gasteiger partial charge in [0.15, 0.2) is 0 Å². The maximum Gasteiger partial charge on any atom is 0.257 e. The Kier molecular flexibility index (Phi) is 6.48. The first-order valence-electron chi connectivity index (χ1n) is 8.69. The molecule has 23 heavy (non-hydrogen) atoms. The number of rotatable bonds is 3. The number of amides is 1. The quantitative estimate of drug-likeness (QED) is 0.920. The Labute approximate surface area is 145 Å². The highest BCUT2D eigenvalue weighted by molar-refractivity contribution is 5.95. The van der Waals surface area contributed by atoms with Gasteiger partial charge < -0.3 is 10.2 Å². The summed E-state index contributed by atoms with van der Waals surface area (Å²) < 4.78 is 1.82. The Morgan fingerprint density at radius 3 is 2.65 bits per heavy atom. The van der Waals surface area contributed by atoms with Crippen molar-refractivity contribution in [2.24, 2.45) is 7.05 Å². The van der Waals surface area contributed by atoms with Gasteiger partial charge in [0.1, 0.15) is 0 Å². The zero-order valence-corrected chi connectivity index (χ0v) is 15.1. The molecule has 1 N–H and O–H groups in total. The number of nitrogens with zero attached hydrogens (tertiary/aromatic N) is 3. The fourth-order valence-electron chi connectivity index (χ4n) is 3.92. The fourth-order valence-corrected chi connectivity index (χ4v) is 3.92. The van der Waals surface area contributed by atoms with Gasteiger partial charge in [-0.05, 0) is 32.7 Å². The van der Waals surface area contributed by atoms with Gasteiger partial charge in [0, 0.05) is 38.3 Å². The fraction of sp³-hybridized carbons (Fsp3) is 0.765. The zero-order valence-electron chi connectivity index (χ0n) is 14.3. The average molecular weight is 341 g/mol. The predicted molar refractivity (Wildman–Crippen MR) is 94.3 cm³/mol. The van der Waals surface area contributed by atoms with Crippen molar-refractivity contribution in [2.45, 2.75) is 56.9 Å². The van der Waals surface area contributed by atoms with Crippen LogP contribution < -0.4 is 5.32 Å². The molecule has 1 aromatic rings. The molecule has 3 rings (SSSR count). The molecule has 1 saturated heterocycles. The van der Waals surface area contributed by atoms with E-state index in [1.54, 1.807) is 0 Å². The molecule has 0 spiro atoms. The molecule has 2 fully saturated rings. The lowest BCUT2D eigenvalue weighted by atomic mass is 9.85. The van der Waals surface area contributed by atoms with Crippen LogP contribution in [0.25, 0.3) is 0 Å². The van der Waals surface area contributed by atoms with Gasteiger partial charge in [0.05, 0.1) is 11.3 Å². The number of hydrogen-bond donors (Lipinski definition) is 1. The highest BCUT2D eigenvalue weighted by Crippen LogP contribution is 2.34. The van der Waals surface area contributed by atoms with Gasteiger partial charge in [-0.2, -0.15) is 5.10 Å². The average Bonchev–Trinajstić information content (AvgIpc) is 2.97. The standard InChI is InChI=1S/C17H28N4O.ClH/c1-18-14-9-6-10-21(11-14)17(22)15-12-20(2)19-16(15)13-7-4-3-5-8-13;/h12-14,18H,3-11H2,1-2H3;1H. The summed E-state index contributed by atoms with van der Waals surface area (Å²) in [6, 6.07) is 0.424. The van der Waals surface area contributed by atoms with Crippen molar-refractivity contribution in [3.05, 3.63) is 17.5 Å². The highest BCUT2D eigenvalue weighted by Gasteiger charge is 2.29. The van der Waals surface area contributed by atoms with Gasteiger partial charge in [0.25, 0.3) is 5.91 Å². The molecular weight excluding hydrogens is 312 g/mol. The van der Waals surface area contributed by atoms with Crippen molar-refractivity contribution in [3.63, 3.8) is 0 Å². The molecule has 1 saturated carbocycles. The summed E-state index contributed by atoms with van der Waals surface area (Å²) >= 11 is 0. The number of piperidine rings is 1. The SMILES string of the molecule is CNC1CCCN(C(=O)c2cn(C)nc2C2CCCCC2)C1.Cl. The summed E-state index contributed by atoms with van der Waals surface area (Å²) in [6.07, 6.45) is 10.4. The normalized spacial score (nSPS) is 22.7. The third kappa shape index (κ3) is 4.07. The van der Waals surface area contributed by atoms with Crippen molar-refractivity contribution in [2.75, 3.05) is 20.1 Å². The van der Waals surface area contributed by atoms with Crippen molar-refractivity contribution in [1.82, 2.24) is 20.0 Å². The van der Waals surface area contributed by atoms with E-state index >= 15 is 0 Å². The van der Waals surface area contributed by atoms with Crippen LogP contribution in [0.5, 0.6) is 0 Å². The van der Waals surface area contributed by atoms with E-state index in [0.717, 1.165) is 37.2 Å². The van der Waals surface area contributed by atoms with E-state index in [1.165, 1.54) is 32.1 Å². The molecule has 130 valence electrons. The van der Waals surface area contributed by atoms with Crippen LogP contribution in [0.1, 0.15) is 66.9 Å². The third-order valence-corrected chi connectivity index (χ3v) is 5.20. The number of carbonyl (C=O) groups excluding carboxylic acids is 1. The second-order valence-corrected chi connectivity index (χ2v) is 6.82. The van der Waals surface area contributed by atoms with E-state index in [1.807, 2.05) is 29.9 Å². The summed E-state index contributed by atoms with van der Waals surface area (Å²) in [6.45, 7) is 1.68. The van der Waals surface area contributed by atoms with E-state index in [0.29, 0.717) is 12.0 Å². The van der Waals surface area contributed by atoms with Crippen LogP contribution >= 0.6 is 12.4 Å². The van der Waals surface area contributed by atoms with E-state index in [9.17, 15) is 4.79 Å². The minimum absolute atomic E-state index is 0. The summed E-state index contributed by atoms with van der Waals surface area (Å²) in [4.78, 5) is 15.0. The summed E-state index contributed by atoms with van der Waals surface area (Å²) in [5, 5.41) is 7.95. The van der Waals surface area contributed by atoms with Crippen LogP contribution in [-0.4, -0.2) is 46.8 Å². The molecule has 1 unspecified atom stereocenters. The van der Waals surface area contributed by atoms with Gasteiger partial charge in [-0.1, -0.05) is 19.3 Å². The predicted octanol–water partition coefficient (Wildman–Crippen LogP) is 2.71. The lowest BCUT2D eigenvalue weighted by Crippen LogP contribution is -2.47. The zero-order chi connectivity index (χ0) is 15.5. The van der Waals surface area contributed by atoms with Gasteiger partial charge in [-0.25, -0.2) is 0 Å². The molecule has 5 nitrogen and oxygen atoms in total. The third-order valence-electron chi connectivity index (χ3n) is 5.20. The summed E-state index contributed by atoms with van der Waals surface area (Å²) in [5.74, 6) is 0.646. The Balaban J connectivity index is 0.00000192. The topological polar surface area (TPSA) is 50.2 Å². The van der Waals surface area contributed by atoms with E-state index in [2.05, 4.69) is 10.4 Å². The molecule has 1 aliphatic carbocycles. The first-order valence-corrected chi connectivity index (χ1v) is 8.69. The minimum atomic E-state index is 0. The van der Waals surface area contributed by atoms with Crippen LogP contribution in [0.2, 0.25) is 0 Å². The lowest BCUT2D eigenvalue weighted by molar-refractivity contribution is 0.0696. The molecule has 0 bridgehead atoms. The van der Waals surface area contributed by atoms with Crippen LogP contribution in [0.3, 0.4) is 0 Å². The molecule has 1 atom stereocenters. The van der Waals surface area contributed by atoms with Gasteiger partial charge >= 0.3 is 0 Å². The Bertz CT molecular complexity index is 525. The minimum Gasteiger partial charge on any atom is -0.337 e. The Morgan fingerprint density at radius 2 is 1.96 bits per heavy atom. The number of likely N-dealkylation sites (tertiary alicyclic amines) is 1. The molecule has 1 aromatic heterocycles. The van der Waals surface area contributed by atoms with E-state index in [4.69, 9.17) is 0 Å². The molecule has 2 aliphatic rings. The summed E-state index contributed by atoms with van der Waals surface area (Å²) in [7, 11) is 3.91. The molecule has 2 heterocycles. The number of halogens is 1. The number of likely N-dealkylation sites (N-methyl/N-ethyl adjacent to an activating group) is 1. The first-order chi connectivity index (χ1) is 10.7. The number of carbonyl (C=O) groups is 1. The number of hydrogen-bond acceptors (Lipinski definition) is 3. The van der Waals surface area contributed by atoms with Crippen molar-refractivity contribution >= 4 is 18.3 Å². The molecule has 0 aromatic carbocycles. The van der Waals surface area contributed by atoms with Crippen molar-refractivity contribution in [3.8, 4) is 0 Å². The Hall–Kier alpha value is -1.07. The van der Waals surface area contributed by atoms with Crippen molar-refractivity contribution < 1.29 is 4.79 Å². The lowest BCUT2D eigenvalue weighted by Gasteiger charge is -2.33. The second-order valence-electron chi connectivity index (χ2n) is 6.82. The number of nitrogens with one attached hydrogen (secondary N) is 1. The van der Waals surface area contributed by atoms with Gasteiger partial charge in [0.2, 0.25) is 0 Å². The maximum absolute atomic E-state index is 13.0. The van der Waals surface area contributed by atoms with Crippen LogP contribution in [0.15, 0.2) is 6.20 Å². The molecular formula is C17H29ClN4O. The van der Waals surface area contributed by atoms with Crippen LogP contribution in [0.4, 0.5) is 0 Å². The maximum atomic E-state index is 13.0. The number of aryl methyl sites for hydroxylation is 1. The smallest absolute Gasteiger partial charge is 0.257 e. The molecule has 1 aliphatic heterocycles.